The van der Waals surface area contributed by atoms with Gasteiger partial charge in [0.15, 0.2) is 0 Å². The number of halogens is 2. The molecule has 1 fully saturated rings. The van der Waals surface area contributed by atoms with Gasteiger partial charge in [-0.05, 0) is 54.2 Å². The second-order valence-electron chi connectivity index (χ2n) is 10.6. The van der Waals surface area contributed by atoms with Gasteiger partial charge in [-0.1, -0.05) is 38.4 Å². The highest BCUT2D eigenvalue weighted by Gasteiger charge is 2.29. The van der Waals surface area contributed by atoms with Crippen LogP contribution in [0.15, 0.2) is 41.3 Å². The largest absolute Gasteiger partial charge is 0.462 e. The molecule has 2 aromatic carbocycles. The number of hydrogen-bond acceptors (Lipinski definition) is 5. The summed E-state index contributed by atoms with van der Waals surface area (Å²) in [5, 5.41) is 10.4. The highest BCUT2D eigenvalue weighted by Crippen LogP contribution is 2.34. The summed E-state index contributed by atoms with van der Waals surface area (Å²) in [4.78, 5) is 39.9. The summed E-state index contributed by atoms with van der Waals surface area (Å²) in [6.45, 7) is 7.98. The van der Waals surface area contributed by atoms with Crippen LogP contribution in [-0.4, -0.2) is 41.3 Å². The van der Waals surface area contributed by atoms with Gasteiger partial charge in [-0.2, -0.15) is 0 Å². The average Bonchev–Trinajstić information content (AvgIpc) is 3.29. The van der Waals surface area contributed by atoms with Crippen LogP contribution in [0.2, 0.25) is 5.02 Å². The maximum Gasteiger partial charge on any atom is 0.343 e. The van der Waals surface area contributed by atoms with E-state index in [2.05, 4.69) is 0 Å². The molecule has 0 saturated carbocycles. The van der Waals surface area contributed by atoms with Gasteiger partial charge < -0.3 is 19.3 Å². The zero-order chi connectivity index (χ0) is 27.8. The standard InChI is InChI=1S/C29H32ClFN2O5/c1-5-38-28(37)21-15-33(24(16-34)29(2,3)4)23-9-8-17(12-20(23)27(21)36)11-18-13-19(14-22(30)26(18)31)32-10-6-7-25(32)35/h8-9,12-15,24,34H,5-7,10-11,16H2,1-4H3/t24-/m1/s1. The van der Waals surface area contributed by atoms with E-state index in [1.165, 1.54) is 12.3 Å². The van der Waals surface area contributed by atoms with Gasteiger partial charge in [-0.25, -0.2) is 9.18 Å². The highest BCUT2D eigenvalue weighted by atomic mass is 35.5. The predicted octanol–water partition coefficient (Wildman–Crippen LogP) is 5.27. The van der Waals surface area contributed by atoms with Crippen LogP contribution in [0.25, 0.3) is 10.9 Å². The van der Waals surface area contributed by atoms with Crippen LogP contribution in [0.1, 0.15) is 68.1 Å². The number of aliphatic hydroxyl groups excluding tert-OH is 1. The lowest BCUT2D eigenvalue weighted by atomic mass is 9.86. The first kappa shape index (κ1) is 27.8. The smallest absolute Gasteiger partial charge is 0.343 e. The second-order valence-corrected chi connectivity index (χ2v) is 11.0. The fraction of sp³-hybridized carbons (Fsp3) is 0.414. The van der Waals surface area contributed by atoms with E-state index in [1.807, 2.05) is 20.8 Å². The van der Waals surface area contributed by atoms with Gasteiger partial charge in [-0.15, -0.1) is 0 Å². The number of hydrogen-bond donors (Lipinski definition) is 1. The van der Waals surface area contributed by atoms with Crippen LogP contribution in [0.5, 0.6) is 0 Å². The molecule has 4 rings (SSSR count). The number of nitrogens with zero attached hydrogens (tertiary/aromatic N) is 2. The quantitative estimate of drug-likeness (QED) is 0.411. The first-order valence-corrected chi connectivity index (χ1v) is 13.1. The number of anilines is 1. The van der Waals surface area contributed by atoms with E-state index in [-0.39, 0.29) is 47.1 Å². The molecule has 7 nitrogen and oxygen atoms in total. The molecule has 0 unspecified atom stereocenters. The first-order chi connectivity index (χ1) is 18.0. The zero-order valence-electron chi connectivity index (χ0n) is 22.0. The van der Waals surface area contributed by atoms with Gasteiger partial charge in [-0.3, -0.25) is 9.59 Å². The third kappa shape index (κ3) is 5.33. The number of benzene rings is 2. The summed E-state index contributed by atoms with van der Waals surface area (Å²) in [6, 6.07) is 7.78. The third-order valence-corrected chi connectivity index (χ3v) is 7.24. The fourth-order valence-corrected chi connectivity index (χ4v) is 5.19. The molecule has 9 heteroatoms. The Morgan fingerprint density at radius 2 is 1.95 bits per heavy atom. The number of carbonyl (C=O) groups excluding carboxylic acids is 2. The number of rotatable bonds is 7. The van der Waals surface area contributed by atoms with Gasteiger partial charge in [0.05, 0.1) is 29.8 Å². The summed E-state index contributed by atoms with van der Waals surface area (Å²) in [7, 11) is 0. The number of aliphatic hydroxyl groups is 1. The van der Waals surface area contributed by atoms with Crippen molar-refractivity contribution in [2.45, 2.75) is 53.0 Å². The molecule has 0 aliphatic carbocycles. The lowest BCUT2D eigenvalue weighted by Gasteiger charge is -2.33. The van der Waals surface area contributed by atoms with Crippen LogP contribution in [0.3, 0.4) is 0 Å². The Bertz CT molecular complexity index is 1460. The summed E-state index contributed by atoms with van der Waals surface area (Å²) < 4.78 is 21.9. The minimum absolute atomic E-state index is 0.0336. The Balaban J connectivity index is 1.85. The van der Waals surface area contributed by atoms with Gasteiger partial charge >= 0.3 is 5.97 Å². The van der Waals surface area contributed by atoms with Crippen molar-refractivity contribution in [3.63, 3.8) is 0 Å². The van der Waals surface area contributed by atoms with Crippen LogP contribution < -0.4 is 10.3 Å². The molecule has 202 valence electrons. The van der Waals surface area contributed by atoms with Crippen LogP contribution in [0, 0.1) is 11.2 Å². The average molecular weight is 543 g/mol. The molecule has 1 aliphatic rings. The van der Waals surface area contributed by atoms with Gasteiger partial charge in [0, 0.05) is 36.7 Å². The number of carbonyl (C=O) groups is 2. The molecule has 3 aromatic rings. The number of pyridine rings is 1. The van der Waals surface area contributed by atoms with E-state index < -0.39 is 28.7 Å². The molecule has 1 aliphatic heterocycles. The number of ether oxygens (including phenoxy) is 1. The van der Waals surface area contributed by atoms with Crippen molar-refractivity contribution < 1.29 is 23.8 Å². The Morgan fingerprint density at radius 1 is 1.21 bits per heavy atom. The molecular weight excluding hydrogens is 511 g/mol. The van der Waals surface area contributed by atoms with Crippen LogP contribution in [-0.2, 0) is 16.0 Å². The molecular formula is C29H32ClFN2O5. The molecule has 2 heterocycles. The molecule has 0 radical (unpaired) electrons. The second kappa shape index (κ2) is 10.9. The molecule has 1 N–H and O–H groups in total. The normalized spacial score (nSPS) is 14.8. The highest BCUT2D eigenvalue weighted by molar-refractivity contribution is 6.31. The fourth-order valence-electron chi connectivity index (χ4n) is 4.96. The Hall–Kier alpha value is -3.23. The van der Waals surface area contributed by atoms with Gasteiger partial charge in [0.25, 0.3) is 0 Å². The first-order valence-electron chi connectivity index (χ1n) is 12.7. The minimum atomic E-state index is -0.745. The summed E-state index contributed by atoms with van der Waals surface area (Å²) in [5.74, 6) is -1.37. The number of esters is 1. The van der Waals surface area contributed by atoms with Crippen molar-refractivity contribution in [2.75, 3.05) is 24.7 Å². The van der Waals surface area contributed by atoms with Crippen molar-refractivity contribution >= 4 is 40.1 Å². The van der Waals surface area contributed by atoms with Crippen molar-refractivity contribution in [3.8, 4) is 0 Å². The molecule has 1 amide bonds. The topological polar surface area (TPSA) is 88.8 Å². The lowest BCUT2D eigenvalue weighted by molar-refractivity contribution is -0.117. The zero-order valence-corrected chi connectivity index (χ0v) is 22.8. The SMILES string of the molecule is CCOC(=O)c1cn([C@H](CO)C(C)(C)C)c2ccc(Cc3cc(N4CCCC4=O)cc(Cl)c3F)cc2c1=O. The van der Waals surface area contributed by atoms with Crippen molar-refractivity contribution in [1.29, 1.82) is 0 Å². The summed E-state index contributed by atoms with van der Waals surface area (Å²) in [5.41, 5.74) is 0.956. The van der Waals surface area contributed by atoms with Gasteiger partial charge in [0.2, 0.25) is 11.3 Å². The third-order valence-electron chi connectivity index (χ3n) is 6.97. The van der Waals surface area contributed by atoms with E-state index in [9.17, 15) is 19.5 Å². The number of amides is 1. The Morgan fingerprint density at radius 3 is 2.55 bits per heavy atom. The van der Waals surface area contributed by atoms with E-state index >= 15 is 4.39 Å². The van der Waals surface area contributed by atoms with Crippen molar-refractivity contribution in [2.24, 2.45) is 5.41 Å². The van der Waals surface area contributed by atoms with E-state index in [0.717, 1.165) is 6.42 Å². The van der Waals surface area contributed by atoms with Crippen molar-refractivity contribution in [3.05, 3.63) is 74.3 Å². The van der Waals surface area contributed by atoms with E-state index in [4.69, 9.17) is 16.3 Å². The van der Waals surface area contributed by atoms with Gasteiger partial charge in [0.1, 0.15) is 11.4 Å². The predicted molar refractivity (Wildman–Crippen MR) is 146 cm³/mol. The van der Waals surface area contributed by atoms with E-state index in [1.54, 1.807) is 40.7 Å². The molecule has 1 saturated heterocycles. The molecule has 0 spiro atoms. The maximum atomic E-state index is 15.1. The molecule has 0 bridgehead atoms. The molecule has 1 atom stereocenters. The Labute approximate surface area is 225 Å². The Kier molecular flexibility index (Phi) is 7.95. The number of fused-ring (bicyclic) bond motifs is 1. The summed E-state index contributed by atoms with van der Waals surface area (Å²) in [6.07, 6.45) is 2.73. The monoisotopic (exact) mass is 542 g/mol. The van der Waals surface area contributed by atoms with Crippen LogP contribution in [0.4, 0.5) is 10.1 Å². The number of aromatic nitrogens is 1. The van der Waals surface area contributed by atoms with Crippen molar-refractivity contribution in [1.82, 2.24) is 4.57 Å². The lowest BCUT2D eigenvalue weighted by Crippen LogP contribution is -2.30. The van der Waals surface area contributed by atoms with Crippen LogP contribution >= 0.6 is 11.6 Å². The maximum absolute atomic E-state index is 15.1. The van der Waals surface area contributed by atoms with E-state index in [0.29, 0.717) is 29.7 Å². The summed E-state index contributed by atoms with van der Waals surface area (Å²) >= 11 is 6.19. The minimum Gasteiger partial charge on any atom is -0.462 e. The molecule has 38 heavy (non-hydrogen) atoms. The molecule has 1 aromatic heterocycles.